The van der Waals surface area contributed by atoms with E-state index in [1.165, 1.54) is 5.56 Å². The molecule has 0 bridgehead atoms. The Morgan fingerprint density at radius 3 is 2.37 bits per heavy atom. The van der Waals surface area contributed by atoms with Gasteiger partial charge < -0.3 is 9.80 Å². The minimum absolute atomic E-state index is 0.0123. The molecule has 2 aromatic rings. The highest BCUT2D eigenvalue weighted by atomic mass is 16.2. The van der Waals surface area contributed by atoms with Crippen molar-refractivity contribution in [3.05, 3.63) is 71.8 Å². The van der Waals surface area contributed by atoms with E-state index >= 15 is 0 Å². The molecule has 0 unspecified atom stereocenters. The Morgan fingerprint density at radius 1 is 0.889 bits per heavy atom. The number of likely N-dealkylation sites (tertiary alicyclic amines) is 1. The van der Waals surface area contributed by atoms with Gasteiger partial charge in [0.25, 0.3) is 0 Å². The summed E-state index contributed by atoms with van der Waals surface area (Å²) in [5, 5.41) is 0. The molecule has 4 nitrogen and oxygen atoms in total. The highest BCUT2D eigenvalue weighted by molar-refractivity contribution is 5.97. The maximum atomic E-state index is 13.0. The molecule has 0 N–H and O–H groups in total. The molecule has 0 saturated carbocycles. The normalized spacial score (nSPS) is 17.3. The van der Waals surface area contributed by atoms with E-state index in [0.29, 0.717) is 13.1 Å². The van der Waals surface area contributed by atoms with Crippen LogP contribution in [0.2, 0.25) is 0 Å². The molecule has 2 amide bonds. The van der Waals surface area contributed by atoms with Crippen LogP contribution in [0.1, 0.15) is 24.0 Å². The summed E-state index contributed by atoms with van der Waals surface area (Å²) in [5.74, 6) is 0.251. The fourth-order valence-electron chi connectivity index (χ4n) is 3.97. The zero-order valence-corrected chi connectivity index (χ0v) is 15.4. The average Bonchev–Trinajstić information content (AvgIpc) is 3.16. The van der Waals surface area contributed by atoms with Crippen LogP contribution < -0.4 is 4.90 Å². The molecule has 0 radical (unpaired) electrons. The molecule has 0 aliphatic carbocycles. The van der Waals surface area contributed by atoms with E-state index in [1.54, 1.807) is 6.08 Å². The van der Waals surface area contributed by atoms with E-state index in [2.05, 4.69) is 6.07 Å². The SMILES string of the molecule is O=C(/C=C/c1ccccc1)N1CCC(C(=O)N2CCc3ccccc32)CC1. The first-order chi connectivity index (χ1) is 13.2. The second-order valence-corrected chi connectivity index (χ2v) is 7.21. The Hall–Kier alpha value is -2.88. The van der Waals surface area contributed by atoms with Gasteiger partial charge in [0.05, 0.1) is 0 Å². The van der Waals surface area contributed by atoms with Gasteiger partial charge in [0.1, 0.15) is 0 Å². The molecule has 27 heavy (non-hydrogen) atoms. The van der Waals surface area contributed by atoms with Gasteiger partial charge in [0.2, 0.25) is 11.8 Å². The average molecular weight is 360 g/mol. The fraction of sp³-hybridized carbons (Fsp3) is 0.304. The van der Waals surface area contributed by atoms with Gasteiger partial charge in [-0.15, -0.1) is 0 Å². The van der Waals surface area contributed by atoms with E-state index in [-0.39, 0.29) is 17.7 Å². The van der Waals surface area contributed by atoms with Gasteiger partial charge in [0, 0.05) is 37.3 Å². The van der Waals surface area contributed by atoms with Gasteiger partial charge in [0.15, 0.2) is 0 Å². The van der Waals surface area contributed by atoms with Gasteiger partial charge in [-0.3, -0.25) is 9.59 Å². The molecule has 1 fully saturated rings. The second-order valence-electron chi connectivity index (χ2n) is 7.21. The lowest BCUT2D eigenvalue weighted by Gasteiger charge is -2.32. The summed E-state index contributed by atoms with van der Waals surface area (Å²) >= 11 is 0. The number of carbonyl (C=O) groups is 2. The number of piperidine rings is 1. The van der Waals surface area contributed by atoms with Crippen molar-refractivity contribution >= 4 is 23.6 Å². The fourth-order valence-corrected chi connectivity index (χ4v) is 3.97. The first-order valence-corrected chi connectivity index (χ1v) is 9.64. The monoisotopic (exact) mass is 360 g/mol. The first kappa shape index (κ1) is 17.5. The van der Waals surface area contributed by atoms with Crippen molar-refractivity contribution < 1.29 is 9.59 Å². The molecular weight excluding hydrogens is 336 g/mol. The van der Waals surface area contributed by atoms with Crippen LogP contribution in [0.15, 0.2) is 60.7 Å². The number of benzene rings is 2. The smallest absolute Gasteiger partial charge is 0.246 e. The molecule has 2 heterocycles. The van der Waals surface area contributed by atoms with Crippen molar-refractivity contribution in [3.63, 3.8) is 0 Å². The Labute approximate surface area is 160 Å². The first-order valence-electron chi connectivity index (χ1n) is 9.64. The van der Waals surface area contributed by atoms with Crippen LogP contribution in [0.25, 0.3) is 6.08 Å². The van der Waals surface area contributed by atoms with Gasteiger partial charge in [-0.1, -0.05) is 48.5 Å². The van der Waals surface area contributed by atoms with E-state index < -0.39 is 0 Å². The molecule has 0 spiro atoms. The zero-order valence-electron chi connectivity index (χ0n) is 15.4. The van der Waals surface area contributed by atoms with E-state index in [4.69, 9.17) is 0 Å². The van der Waals surface area contributed by atoms with Crippen molar-refractivity contribution in [2.45, 2.75) is 19.3 Å². The lowest BCUT2D eigenvalue weighted by molar-refractivity contribution is -0.130. The Morgan fingerprint density at radius 2 is 1.59 bits per heavy atom. The van der Waals surface area contributed by atoms with Crippen molar-refractivity contribution in [1.82, 2.24) is 4.90 Å². The minimum atomic E-state index is 0.0123. The number of hydrogen-bond donors (Lipinski definition) is 0. The lowest BCUT2D eigenvalue weighted by Crippen LogP contribution is -2.43. The molecular formula is C23H24N2O2. The summed E-state index contributed by atoms with van der Waals surface area (Å²) in [5.41, 5.74) is 3.33. The lowest BCUT2D eigenvalue weighted by atomic mass is 9.95. The van der Waals surface area contributed by atoms with E-state index in [0.717, 1.165) is 37.1 Å². The van der Waals surface area contributed by atoms with Crippen LogP contribution in [-0.2, 0) is 16.0 Å². The van der Waals surface area contributed by atoms with Crippen molar-refractivity contribution in [2.24, 2.45) is 5.92 Å². The van der Waals surface area contributed by atoms with Gasteiger partial charge in [-0.2, -0.15) is 0 Å². The number of nitrogens with zero attached hydrogens (tertiary/aromatic N) is 2. The van der Waals surface area contributed by atoms with Gasteiger partial charge in [-0.25, -0.2) is 0 Å². The van der Waals surface area contributed by atoms with Crippen molar-refractivity contribution in [1.29, 1.82) is 0 Å². The largest absolute Gasteiger partial charge is 0.339 e. The third-order valence-electron chi connectivity index (χ3n) is 5.53. The zero-order chi connectivity index (χ0) is 18.6. The maximum absolute atomic E-state index is 13.0. The molecule has 4 heteroatoms. The summed E-state index contributed by atoms with van der Waals surface area (Å²) in [6.07, 6.45) is 5.89. The molecule has 1 saturated heterocycles. The van der Waals surface area contributed by atoms with Crippen LogP contribution in [0.3, 0.4) is 0 Å². The Bertz CT molecular complexity index is 852. The summed E-state index contributed by atoms with van der Waals surface area (Å²) in [7, 11) is 0. The number of rotatable bonds is 3. The molecule has 138 valence electrons. The number of para-hydroxylation sites is 1. The summed E-state index contributed by atoms with van der Waals surface area (Å²) < 4.78 is 0. The standard InChI is InChI=1S/C23H24N2O2/c26-22(11-10-18-6-2-1-3-7-18)24-15-12-20(13-16-24)23(27)25-17-14-19-8-4-5-9-21(19)25/h1-11,20H,12-17H2/b11-10+. The number of amides is 2. The van der Waals surface area contributed by atoms with Crippen LogP contribution in [0, 0.1) is 5.92 Å². The molecule has 0 atom stereocenters. The van der Waals surface area contributed by atoms with Crippen LogP contribution in [-0.4, -0.2) is 36.3 Å². The number of anilines is 1. The summed E-state index contributed by atoms with van der Waals surface area (Å²) in [4.78, 5) is 29.2. The quantitative estimate of drug-likeness (QED) is 0.786. The topological polar surface area (TPSA) is 40.6 Å². The third-order valence-corrected chi connectivity index (χ3v) is 5.53. The van der Waals surface area contributed by atoms with Crippen LogP contribution in [0.5, 0.6) is 0 Å². The highest BCUT2D eigenvalue weighted by Gasteiger charge is 2.32. The minimum Gasteiger partial charge on any atom is -0.339 e. The predicted octanol–water partition coefficient (Wildman–Crippen LogP) is 3.53. The van der Waals surface area contributed by atoms with E-state index in [9.17, 15) is 9.59 Å². The van der Waals surface area contributed by atoms with Crippen LogP contribution >= 0.6 is 0 Å². The molecule has 2 aliphatic rings. The number of fused-ring (bicyclic) bond motifs is 1. The number of hydrogen-bond acceptors (Lipinski definition) is 2. The van der Waals surface area contributed by atoms with Crippen molar-refractivity contribution in [3.8, 4) is 0 Å². The molecule has 0 aromatic heterocycles. The molecule has 2 aliphatic heterocycles. The number of carbonyl (C=O) groups excluding carboxylic acids is 2. The van der Waals surface area contributed by atoms with Gasteiger partial charge >= 0.3 is 0 Å². The Balaban J connectivity index is 1.33. The summed E-state index contributed by atoms with van der Waals surface area (Å²) in [6, 6.07) is 18.0. The Kier molecular flexibility index (Phi) is 5.05. The maximum Gasteiger partial charge on any atom is 0.246 e. The van der Waals surface area contributed by atoms with Crippen LogP contribution in [0.4, 0.5) is 5.69 Å². The highest BCUT2D eigenvalue weighted by Crippen LogP contribution is 2.31. The van der Waals surface area contributed by atoms with Crippen molar-refractivity contribution in [2.75, 3.05) is 24.5 Å². The molecule has 2 aromatic carbocycles. The summed E-state index contributed by atoms with van der Waals surface area (Å²) in [6.45, 7) is 2.06. The predicted molar refractivity (Wildman–Crippen MR) is 107 cm³/mol. The van der Waals surface area contributed by atoms with Gasteiger partial charge in [-0.05, 0) is 42.5 Å². The second kappa shape index (κ2) is 7.78. The third kappa shape index (κ3) is 3.80. The van der Waals surface area contributed by atoms with E-state index in [1.807, 2.05) is 64.4 Å². The molecule has 4 rings (SSSR count).